The molecule has 9 heteroatoms. The minimum atomic E-state index is -0.158. The third-order valence-electron chi connectivity index (χ3n) is 5.07. The molecule has 0 aliphatic heterocycles. The Balaban J connectivity index is 1.60. The summed E-state index contributed by atoms with van der Waals surface area (Å²) in [5, 5.41) is 18.8. The first-order valence-corrected chi connectivity index (χ1v) is 12.1. The SMILES string of the molecule is CN=C/C(=C\P)c1c[nH]c(=O)c(NCCC(NCCc2ccc(C#N)cc2)c2nccs2)c1. The van der Waals surface area contributed by atoms with E-state index in [-0.39, 0.29) is 11.6 Å². The minimum Gasteiger partial charge on any atom is -0.381 e. The van der Waals surface area contributed by atoms with Gasteiger partial charge in [-0.2, -0.15) is 5.26 Å². The summed E-state index contributed by atoms with van der Waals surface area (Å²) in [4.78, 5) is 23.6. The highest BCUT2D eigenvalue weighted by Crippen LogP contribution is 2.20. The van der Waals surface area contributed by atoms with Crippen molar-refractivity contribution in [1.29, 1.82) is 5.26 Å². The highest BCUT2D eigenvalue weighted by atomic mass is 32.1. The topological polar surface area (TPSA) is 106 Å². The van der Waals surface area contributed by atoms with Gasteiger partial charge in [0.1, 0.15) is 10.7 Å². The Kier molecular flexibility index (Phi) is 9.52. The number of nitrogens with zero attached hydrogens (tertiary/aromatic N) is 3. The number of pyridine rings is 1. The van der Waals surface area contributed by atoms with Crippen molar-refractivity contribution in [1.82, 2.24) is 15.3 Å². The Morgan fingerprint density at radius 3 is 2.85 bits per heavy atom. The van der Waals surface area contributed by atoms with Crippen LogP contribution in [0.25, 0.3) is 5.57 Å². The van der Waals surface area contributed by atoms with Crippen LogP contribution in [0.4, 0.5) is 5.69 Å². The predicted molar refractivity (Wildman–Crippen MR) is 140 cm³/mol. The van der Waals surface area contributed by atoms with Crippen molar-refractivity contribution < 1.29 is 0 Å². The van der Waals surface area contributed by atoms with Crippen LogP contribution in [0.1, 0.15) is 34.2 Å². The van der Waals surface area contributed by atoms with Gasteiger partial charge >= 0.3 is 0 Å². The van der Waals surface area contributed by atoms with E-state index < -0.39 is 0 Å². The third-order valence-corrected chi connectivity index (χ3v) is 6.32. The van der Waals surface area contributed by atoms with Gasteiger partial charge in [0.05, 0.1) is 17.7 Å². The highest BCUT2D eigenvalue weighted by molar-refractivity contribution is 7.21. The van der Waals surface area contributed by atoms with Crippen molar-refractivity contribution in [2.75, 3.05) is 25.5 Å². The van der Waals surface area contributed by atoms with E-state index >= 15 is 0 Å². The number of benzene rings is 1. The zero-order chi connectivity index (χ0) is 23.5. The van der Waals surface area contributed by atoms with Gasteiger partial charge in [-0.05, 0) is 43.1 Å². The fourth-order valence-electron chi connectivity index (χ4n) is 3.34. The molecule has 170 valence electrons. The van der Waals surface area contributed by atoms with Crippen molar-refractivity contribution in [2.24, 2.45) is 4.99 Å². The molecule has 2 aromatic heterocycles. The summed E-state index contributed by atoms with van der Waals surface area (Å²) in [7, 11) is 4.28. The Bertz CT molecular complexity index is 1180. The normalized spacial score (nSPS) is 12.6. The summed E-state index contributed by atoms with van der Waals surface area (Å²) in [6, 6.07) is 11.7. The van der Waals surface area contributed by atoms with E-state index in [1.165, 1.54) is 5.56 Å². The molecule has 0 bridgehead atoms. The van der Waals surface area contributed by atoms with Gasteiger partial charge in [0.2, 0.25) is 0 Å². The quantitative estimate of drug-likeness (QED) is 0.285. The van der Waals surface area contributed by atoms with E-state index in [2.05, 4.69) is 40.9 Å². The number of H-pyrrole nitrogens is 1. The minimum absolute atomic E-state index is 0.0767. The van der Waals surface area contributed by atoms with Crippen LogP contribution in [0.15, 0.2) is 63.7 Å². The molecule has 1 aromatic carbocycles. The zero-order valence-electron chi connectivity index (χ0n) is 18.4. The molecular weight excluding hydrogens is 451 g/mol. The average molecular weight is 479 g/mol. The number of aromatic nitrogens is 2. The summed E-state index contributed by atoms with van der Waals surface area (Å²) in [5.74, 6) is 1.88. The second-order valence-electron chi connectivity index (χ2n) is 7.29. The molecule has 2 unspecified atom stereocenters. The van der Waals surface area contributed by atoms with E-state index in [4.69, 9.17) is 5.26 Å². The number of nitriles is 1. The van der Waals surface area contributed by atoms with Crippen LogP contribution in [0.3, 0.4) is 0 Å². The van der Waals surface area contributed by atoms with Gasteiger partial charge in [-0.3, -0.25) is 9.79 Å². The molecule has 3 aromatic rings. The maximum absolute atomic E-state index is 12.3. The molecule has 3 rings (SSSR count). The number of hydrogen-bond acceptors (Lipinski definition) is 7. The van der Waals surface area contributed by atoms with Gasteiger partial charge in [-0.25, -0.2) is 4.98 Å². The number of nitrogens with one attached hydrogen (secondary N) is 3. The van der Waals surface area contributed by atoms with Crippen LogP contribution in [0, 0.1) is 11.3 Å². The molecule has 0 aliphatic rings. The van der Waals surface area contributed by atoms with Crippen LogP contribution < -0.4 is 16.2 Å². The summed E-state index contributed by atoms with van der Waals surface area (Å²) < 4.78 is 0. The first-order valence-electron chi connectivity index (χ1n) is 10.6. The van der Waals surface area contributed by atoms with E-state index in [1.54, 1.807) is 30.8 Å². The molecule has 33 heavy (non-hydrogen) atoms. The van der Waals surface area contributed by atoms with E-state index in [1.807, 2.05) is 47.7 Å². The van der Waals surface area contributed by atoms with Crippen LogP contribution in [0.2, 0.25) is 0 Å². The standard InChI is InChI=1S/C24H27N6OPS/c1-26-14-20(16-32)19-12-22(23(31)30-15-19)28-9-7-21(24-29-10-11-33-24)27-8-6-17-2-4-18(13-25)5-3-17/h2-5,10-12,14-16,21,27-28H,6-9,32H2,1H3,(H,30,31)/b20-16+,26-14?. The fraction of sp³-hybridized carbons (Fsp3) is 0.250. The first kappa shape index (κ1) is 24.5. The Morgan fingerprint density at radius 1 is 1.36 bits per heavy atom. The van der Waals surface area contributed by atoms with Crippen LogP contribution in [-0.4, -0.2) is 36.3 Å². The Morgan fingerprint density at radius 2 is 2.18 bits per heavy atom. The number of aliphatic imine (C=N–C) groups is 1. The molecule has 0 saturated carbocycles. The third kappa shape index (κ3) is 7.19. The number of allylic oxidation sites excluding steroid dienone is 1. The summed E-state index contributed by atoms with van der Waals surface area (Å²) in [5.41, 5.74) is 4.00. The van der Waals surface area contributed by atoms with Gasteiger partial charge in [0.15, 0.2) is 0 Å². The monoisotopic (exact) mass is 478 g/mol. The average Bonchev–Trinajstić information content (AvgIpc) is 3.38. The Hall–Kier alpha value is -3.11. The molecule has 0 fully saturated rings. The largest absolute Gasteiger partial charge is 0.381 e. The molecule has 0 spiro atoms. The van der Waals surface area contributed by atoms with Crippen molar-refractivity contribution in [3.8, 4) is 6.07 Å². The number of thiazole rings is 1. The van der Waals surface area contributed by atoms with E-state index in [0.717, 1.165) is 35.5 Å². The van der Waals surface area contributed by atoms with Crippen LogP contribution in [-0.2, 0) is 6.42 Å². The second kappa shape index (κ2) is 12.8. The van der Waals surface area contributed by atoms with E-state index in [9.17, 15) is 4.79 Å². The fourth-order valence-corrected chi connectivity index (χ4v) is 4.37. The molecule has 2 heterocycles. The lowest BCUT2D eigenvalue weighted by Crippen LogP contribution is -2.26. The lowest BCUT2D eigenvalue weighted by atomic mass is 10.1. The molecular formula is C24H27N6OPS. The van der Waals surface area contributed by atoms with Crippen molar-refractivity contribution in [3.63, 3.8) is 0 Å². The van der Waals surface area contributed by atoms with Crippen LogP contribution in [0.5, 0.6) is 0 Å². The lowest BCUT2D eigenvalue weighted by Gasteiger charge is -2.17. The smallest absolute Gasteiger partial charge is 0.271 e. The number of hydrogen-bond donors (Lipinski definition) is 3. The predicted octanol–water partition coefficient (Wildman–Crippen LogP) is 4.00. The molecule has 7 nitrogen and oxygen atoms in total. The molecule has 3 N–H and O–H groups in total. The Labute approximate surface area is 199 Å². The second-order valence-corrected chi connectivity index (χ2v) is 8.55. The summed E-state index contributed by atoms with van der Waals surface area (Å²) >= 11 is 1.62. The van der Waals surface area contributed by atoms with Gasteiger partial charge < -0.3 is 15.6 Å². The van der Waals surface area contributed by atoms with Crippen molar-refractivity contribution >= 4 is 38.1 Å². The molecule has 0 radical (unpaired) electrons. The molecule has 0 amide bonds. The van der Waals surface area contributed by atoms with Gasteiger partial charge in [-0.15, -0.1) is 20.6 Å². The van der Waals surface area contributed by atoms with E-state index in [0.29, 0.717) is 17.8 Å². The highest BCUT2D eigenvalue weighted by Gasteiger charge is 2.14. The van der Waals surface area contributed by atoms with Crippen molar-refractivity contribution in [2.45, 2.75) is 18.9 Å². The number of aromatic amines is 1. The summed E-state index contributed by atoms with van der Waals surface area (Å²) in [6.45, 7) is 1.40. The number of rotatable bonds is 11. The maximum Gasteiger partial charge on any atom is 0.271 e. The summed E-state index contributed by atoms with van der Waals surface area (Å²) in [6.07, 6.45) is 6.87. The molecule has 0 saturated heterocycles. The zero-order valence-corrected chi connectivity index (χ0v) is 20.4. The van der Waals surface area contributed by atoms with Gasteiger partial charge in [0, 0.05) is 48.7 Å². The lowest BCUT2D eigenvalue weighted by molar-refractivity contribution is 0.512. The molecule has 0 aliphatic carbocycles. The van der Waals surface area contributed by atoms with Crippen LogP contribution >= 0.6 is 20.6 Å². The van der Waals surface area contributed by atoms with Gasteiger partial charge in [-0.1, -0.05) is 17.9 Å². The maximum atomic E-state index is 12.3. The van der Waals surface area contributed by atoms with Crippen molar-refractivity contribution in [3.05, 3.63) is 86.0 Å². The number of anilines is 1. The van der Waals surface area contributed by atoms with Gasteiger partial charge in [0.25, 0.3) is 5.56 Å². The first-order chi connectivity index (χ1) is 16.1. The molecule has 2 atom stereocenters.